The van der Waals surface area contributed by atoms with Gasteiger partial charge in [-0.3, -0.25) is 9.78 Å². The standard InChI is InChI=1S/C29H27N5O3S/c1-37-28(36)21-12-5-6-14-23(21)33-18-9-15-24(33)27-26(22-13-7-8-17-30-22)32-29(38)34(27)19-16-25(35)31-20-10-3-2-4-11-20/h2-15,17-18,26-27H,16,19H2,1H3,(H,31,35)(H,32,38)/t26-,27-/m1/s1. The number of para-hydroxylation sites is 2. The zero-order chi connectivity index (χ0) is 26.5. The number of esters is 1. The van der Waals surface area contributed by atoms with Crippen LogP contribution in [0.5, 0.6) is 0 Å². The molecule has 1 aliphatic rings. The average Bonchev–Trinajstić information content (AvgIpc) is 3.56. The van der Waals surface area contributed by atoms with E-state index in [0.717, 1.165) is 17.1 Å². The molecular formula is C29H27N5O3S. The molecule has 0 bridgehead atoms. The number of aromatic nitrogens is 2. The van der Waals surface area contributed by atoms with Crippen molar-refractivity contribution in [3.63, 3.8) is 0 Å². The molecular weight excluding hydrogens is 498 g/mol. The lowest BCUT2D eigenvalue weighted by Gasteiger charge is -2.29. The normalized spacial score (nSPS) is 16.7. The highest BCUT2D eigenvalue weighted by molar-refractivity contribution is 7.80. The summed E-state index contributed by atoms with van der Waals surface area (Å²) in [5.41, 5.74) is 3.61. The molecule has 0 radical (unpaired) electrons. The predicted molar refractivity (Wildman–Crippen MR) is 149 cm³/mol. The van der Waals surface area contributed by atoms with Crippen LogP contribution in [-0.2, 0) is 9.53 Å². The number of hydrogen-bond donors (Lipinski definition) is 2. The number of carbonyl (C=O) groups is 2. The molecule has 1 amide bonds. The number of nitrogens with zero attached hydrogens (tertiary/aromatic N) is 3. The molecule has 0 spiro atoms. The van der Waals surface area contributed by atoms with Gasteiger partial charge >= 0.3 is 5.97 Å². The summed E-state index contributed by atoms with van der Waals surface area (Å²) in [6, 6.07) is 25.8. The molecule has 2 aromatic carbocycles. The van der Waals surface area contributed by atoms with Crippen LogP contribution in [0.3, 0.4) is 0 Å². The van der Waals surface area contributed by atoms with E-state index in [0.29, 0.717) is 22.9 Å². The zero-order valence-corrected chi connectivity index (χ0v) is 21.6. The van der Waals surface area contributed by atoms with Crippen LogP contribution < -0.4 is 10.6 Å². The quantitative estimate of drug-likeness (QED) is 0.256. The maximum absolute atomic E-state index is 12.8. The SMILES string of the molecule is COC(=O)c1ccccc1-n1cccc1[C@@H]1[C@@H](c2ccccn2)NC(=S)N1CCC(=O)Nc1ccccc1. The van der Waals surface area contributed by atoms with Crippen LogP contribution in [0.1, 0.15) is 40.3 Å². The van der Waals surface area contributed by atoms with Crippen LogP contribution in [0.4, 0.5) is 5.69 Å². The first-order valence-electron chi connectivity index (χ1n) is 12.2. The van der Waals surface area contributed by atoms with Gasteiger partial charge in [0.1, 0.15) is 0 Å². The molecule has 3 heterocycles. The second kappa shape index (κ2) is 11.3. The monoisotopic (exact) mass is 525 g/mol. The minimum atomic E-state index is -0.420. The molecule has 1 fully saturated rings. The number of hydrogen-bond acceptors (Lipinski definition) is 5. The second-order valence-corrected chi connectivity index (χ2v) is 9.18. The van der Waals surface area contributed by atoms with Crippen LogP contribution >= 0.6 is 12.2 Å². The van der Waals surface area contributed by atoms with Crippen LogP contribution in [0.2, 0.25) is 0 Å². The molecule has 0 saturated carbocycles. The van der Waals surface area contributed by atoms with E-state index >= 15 is 0 Å². The lowest BCUT2D eigenvalue weighted by molar-refractivity contribution is -0.116. The first-order valence-corrected chi connectivity index (χ1v) is 12.7. The minimum absolute atomic E-state index is 0.106. The summed E-state index contributed by atoms with van der Waals surface area (Å²) in [7, 11) is 1.37. The Bertz CT molecular complexity index is 1440. The molecule has 4 aromatic rings. The number of anilines is 1. The molecule has 192 valence electrons. The maximum Gasteiger partial charge on any atom is 0.339 e. The molecule has 5 rings (SSSR count). The summed E-state index contributed by atoms with van der Waals surface area (Å²) in [6.45, 7) is 0.391. The number of carbonyl (C=O) groups excluding carboxylic acids is 2. The van der Waals surface area contributed by atoms with E-state index in [4.69, 9.17) is 17.0 Å². The highest BCUT2D eigenvalue weighted by atomic mass is 32.1. The lowest BCUT2D eigenvalue weighted by Crippen LogP contribution is -2.33. The highest BCUT2D eigenvalue weighted by Crippen LogP contribution is 2.40. The number of nitrogens with one attached hydrogen (secondary N) is 2. The molecule has 1 aliphatic heterocycles. The van der Waals surface area contributed by atoms with Crippen LogP contribution in [0.25, 0.3) is 5.69 Å². The van der Waals surface area contributed by atoms with Gasteiger partial charge in [0.25, 0.3) is 0 Å². The smallest absolute Gasteiger partial charge is 0.339 e. The minimum Gasteiger partial charge on any atom is -0.465 e. The van der Waals surface area contributed by atoms with Gasteiger partial charge in [-0.2, -0.15) is 0 Å². The number of benzene rings is 2. The van der Waals surface area contributed by atoms with Crippen molar-refractivity contribution >= 4 is 34.9 Å². The second-order valence-electron chi connectivity index (χ2n) is 8.80. The summed E-state index contributed by atoms with van der Waals surface area (Å²) >= 11 is 5.77. The van der Waals surface area contributed by atoms with Gasteiger partial charge in [0, 0.05) is 36.7 Å². The highest BCUT2D eigenvalue weighted by Gasteiger charge is 2.41. The van der Waals surface area contributed by atoms with Crippen molar-refractivity contribution in [2.45, 2.75) is 18.5 Å². The van der Waals surface area contributed by atoms with Gasteiger partial charge < -0.3 is 24.8 Å². The molecule has 2 atom stereocenters. The summed E-state index contributed by atoms with van der Waals surface area (Å²) in [4.78, 5) is 32.0. The molecule has 1 saturated heterocycles. The summed E-state index contributed by atoms with van der Waals surface area (Å²) in [5.74, 6) is -0.526. The van der Waals surface area contributed by atoms with Crippen LogP contribution in [0, 0.1) is 0 Å². The zero-order valence-electron chi connectivity index (χ0n) is 20.8. The number of amides is 1. The van der Waals surface area contributed by atoms with Gasteiger partial charge in [-0.05, 0) is 60.7 Å². The Kier molecular flexibility index (Phi) is 7.46. The predicted octanol–water partition coefficient (Wildman–Crippen LogP) is 4.66. The van der Waals surface area contributed by atoms with Gasteiger partial charge in [-0.15, -0.1) is 0 Å². The fourth-order valence-corrected chi connectivity index (χ4v) is 5.09. The number of rotatable bonds is 8. The fourth-order valence-electron chi connectivity index (χ4n) is 4.76. The van der Waals surface area contributed by atoms with Crippen LogP contribution in [-0.4, -0.2) is 45.1 Å². The molecule has 2 N–H and O–H groups in total. The van der Waals surface area contributed by atoms with E-state index in [1.54, 1.807) is 18.3 Å². The third-order valence-corrected chi connectivity index (χ3v) is 6.84. The molecule has 38 heavy (non-hydrogen) atoms. The van der Waals surface area contributed by atoms with Gasteiger partial charge in [0.15, 0.2) is 5.11 Å². The van der Waals surface area contributed by atoms with E-state index in [-0.39, 0.29) is 24.4 Å². The van der Waals surface area contributed by atoms with E-state index < -0.39 is 5.97 Å². The third-order valence-electron chi connectivity index (χ3n) is 6.49. The first kappa shape index (κ1) is 25.2. The number of ether oxygens (including phenoxy) is 1. The average molecular weight is 526 g/mol. The molecule has 0 aliphatic carbocycles. The Morgan fingerprint density at radius 2 is 1.76 bits per heavy atom. The summed E-state index contributed by atoms with van der Waals surface area (Å²) in [5, 5.41) is 6.89. The summed E-state index contributed by atoms with van der Waals surface area (Å²) in [6.07, 6.45) is 3.90. The van der Waals surface area contributed by atoms with Crippen molar-refractivity contribution in [3.05, 3.63) is 114 Å². The number of methoxy groups -OCH3 is 1. The number of thiocarbonyl (C=S) groups is 1. The van der Waals surface area contributed by atoms with Crippen molar-refractivity contribution in [2.75, 3.05) is 19.0 Å². The molecule has 8 nitrogen and oxygen atoms in total. The maximum atomic E-state index is 12.8. The van der Waals surface area contributed by atoms with Crippen molar-refractivity contribution in [2.24, 2.45) is 0 Å². The van der Waals surface area contributed by atoms with Crippen molar-refractivity contribution in [1.82, 2.24) is 19.8 Å². The largest absolute Gasteiger partial charge is 0.465 e. The Hall–Kier alpha value is -4.50. The molecule has 0 unspecified atom stereocenters. The van der Waals surface area contributed by atoms with Crippen molar-refractivity contribution in [3.8, 4) is 5.69 Å². The Morgan fingerprint density at radius 1 is 1.00 bits per heavy atom. The Morgan fingerprint density at radius 3 is 2.53 bits per heavy atom. The van der Waals surface area contributed by atoms with Gasteiger partial charge in [-0.25, -0.2) is 4.79 Å². The van der Waals surface area contributed by atoms with Crippen molar-refractivity contribution < 1.29 is 14.3 Å². The Labute approximate surface area is 226 Å². The van der Waals surface area contributed by atoms with Crippen LogP contribution in [0.15, 0.2) is 97.3 Å². The van der Waals surface area contributed by atoms with E-state index in [9.17, 15) is 9.59 Å². The first-order chi connectivity index (χ1) is 18.6. The van der Waals surface area contributed by atoms with E-state index in [2.05, 4.69) is 15.6 Å². The Balaban J connectivity index is 1.49. The topological polar surface area (TPSA) is 88.5 Å². The molecule has 2 aromatic heterocycles. The van der Waals surface area contributed by atoms with E-state index in [1.807, 2.05) is 88.5 Å². The van der Waals surface area contributed by atoms with Gasteiger partial charge in [0.05, 0.1) is 36.1 Å². The fraction of sp³-hybridized carbons (Fsp3) is 0.172. The summed E-state index contributed by atoms with van der Waals surface area (Å²) < 4.78 is 7.00. The van der Waals surface area contributed by atoms with Gasteiger partial charge in [-0.1, -0.05) is 36.4 Å². The molecule has 9 heteroatoms. The van der Waals surface area contributed by atoms with Gasteiger partial charge in [0.2, 0.25) is 5.91 Å². The van der Waals surface area contributed by atoms with Crippen molar-refractivity contribution in [1.29, 1.82) is 0 Å². The lowest BCUT2D eigenvalue weighted by atomic mass is 10.0. The third kappa shape index (κ3) is 5.14. The number of pyridine rings is 1. The van der Waals surface area contributed by atoms with E-state index in [1.165, 1.54) is 7.11 Å².